The first-order chi connectivity index (χ1) is 15.6. The highest BCUT2D eigenvalue weighted by molar-refractivity contribution is 5.94. The van der Waals surface area contributed by atoms with Gasteiger partial charge in [0.15, 0.2) is 12.4 Å². The first-order valence-electron chi connectivity index (χ1n) is 9.49. The van der Waals surface area contributed by atoms with Gasteiger partial charge >= 0.3 is 12.1 Å². The Labute approximate surface area is 182 Å². The summed E-state index contributed by atoms with van der Waals surface area (Å²) in [6.45, 7) is 0.425. The second kappa shape index (κ2) is 8.48. The molecule has 0 spiro atoms. The molecule has 1 N–H and O–H groups in total. The van der Waals surface area contributed by atoms with E-state index in [1.54, 1.807) is 4.90 Å². The highest BCUT2D eigenvalue weighted by atomic mass is 19.4. The number of carboxylic acid groups (broad SMARTS) is 1. The number of hydrogen-bond donors (Lipinski definition) is 1. The molecule has 11 nitrogen and oxygen atoms in total. The van der Waals surface area contributed by atoms with E-state index in [2.05, 4.69) is 20.6 Å². The van der Waals surface area contributed by atoms with Crippen molar-refractivity contribution in [1.29, 1.82) is 0 Å². The van der Waals surface area contributed by atoms with Gasteiger partial charge in [0, 0.05) is 37.8 Å². The molecule has 0 unspecified atom stereocenters. The van der Waals surface area contributed by atoms with Crippen LogP contribution in [-0.4, -0.2) is 73.4 Å². The topological polar surface area (TPSA) is 130 Å². The van der Waals surface area contributed by atoms with E-state index in [0.717, 1.165) is 10.9 Å². The second-order valence-corrected chi connectivity index (χ2v) is 7.09. The van der Waals surface area contributed by atoms with Gasteiger partial charge in [0.1, 0.15) is 5.82 Å². The minimum atomic E-state index is -4.77. The summed E-state index contributed by atoms with van der Waals surface area (Å²) in [4.78, 5) is 27.3. The number of piperazine rings is 1. The average molecular weight is 469 g/mol. The van der Waals surface area contributed by atoms with Gasteiger partial charge in [-0.15, -0.1) is 10.2 Å². The molecule has 0 atom stereocenters. The average Bonchev–Trinajstić information content (AvgIpc) is 3.41. The van der Waals surface area contributed by atoms with Crippen LogP contribution in [0.25, 0.3) is 11.6 Å². The van der Waals surface area contributed by atoms with Crippen LogP contribution in [0.5, 0.6) is 0 Å². The van der Waals surface area contributed by atoms with Gasteiger partial charge in [0.05, 0.1) is 5.56 Å². The van der Waals surface area contributed by atoms with Crippen LogP contribution in [0.2, 0.25) is 0 Å². The third-order valence-corrected chi connectivity index (χ3v) is 4.81. The van der Waals surface area contributed by atoms with Gasteiger partial charge < -0.3 is 19.4 Å². The van der Waals surface area contributed by atoms with Crippen LogP contribution in [-0.2, 0) is 17.5 Å². The van der Waals surface area contributed by atoms with Crippen LogP contribution in [0.4, 0.5) is 23.4 Å². The van der Waals surface area contributed by atoms with E-state index >= 15 is 0 Å². The fourth-order valence-electron chi connectivity index (χ4n) is 3.25. The molecular weight excluding hydrogens is 454 g/mol. The van der Waals surface area contributed by atoms with E-state index in [0.29, 0.717) is 18.0 Å². The summed E-state index contributed by atoms with van der Waals surface area (Å²) in [5.41, 5.74) is -1.61. The Hall–Kier alpha value is -4.04. The van der Waals surface area contributed by atoms with Crippen LogP contribution in [0.1, 0.15) is 15.9 Å². The number of benzene rings is 1. The summed E-state index contributed by atoms with van der Waals surface area (Å²) in [5.74, 6) is -2.40. The fourth-order valence-corrected chi connectivity index (χ4v) is 3.25. The number of aliphatic carboxylic acids is 1. The van der Waals surface area contributed by atoms with Crippen LogP contribution < -0.4 is 4.90 Å². The molecule has 3 heterocycles. The summed E-state index contributed by atoms with van der Waals surface area (Å²) in [7, 11) is 0. The zero-order chi connectivity index (χ0) is 23.8. The smallest absolute Gasteiger partial charge is 0.416 e. The van der Waals surface area contributed by atoms with Gasteiger partial charge in [0.25, 0.3) is 5.91 Å². The Balaban J connectivity index is 1.40. The van der Waals surface area contributed by atoms with Gasteiger partial charge in [-0.3, -0.25) is 9.59 Å². The maximum absolute atomic E-state index is 13.6. The lowest BCUT2D eigenvalue weighted by Crippen LogP contribution is -2.49. The molecular formula is C18H15F4N7O4. The number of anilines is 1. The first kappa shape index (κ1) is 22.2. The van der Waals surface area contributed by atoms with Crippen molar-refractivity contribution in [3.8, 4) is 11.6 Å². The Kier molecular flexibility index (Phi) is 5.69. The zero-order valence-electron chi connectivity index (χ0n) is 16.7. The molecule has 1 amide bonds. The predicted molar refractivity (Wildman–Crippen MR) is 100 cm³/mol. The molecule has 174 valence electrons. The molecule has 0 bridgehead atoms. The van der Waals surface area contributed by atoms with E-state index < -0.39 is 36.0 Å². The summed E-state index contributed by atoms with van der Waals surface area (Å²) < 4.78 is 57.6. The highest BCUT2D eigenvalue weighted by Crippen LogP contribution is 2.31. The third-order valence-electron chi connectivity index (χ3n) is 4.81. The number of alkyl halides is 3. The van der Waals surface area contributed by atoms with E-state index in [1.807, 2.05) is 0 Å². The summed E-state index contributed by atoms with van der Waals surface area (Å²) in [6.07, 6.45) is -4.77. The van der Waals surface area contributed by atoms with E-state index in [4.69, 9.17) is 9.63 Å². The Bertz CT molecular complexity index is 1180. The lowest BCUT2D eigenvalue weighted by atomic mass is 10.1. The molecule has 1 aliphatic heterocycles. The van der Waals surface area contributed by atoms with Crippen LogP contribution >= 0.6 is 0 Å². The van der Waals surface area contributed by atoms with Crippen molar-refractivity contribution < 1.29 is 36.8 Å². The monoisotopic (exact) mass is 469 g/mol. The lowest BCUT2D eigenvalue weighted by molar-refractivity contribution is -0.138. The van der Waals surface area contributed by atoms with Crippen molar-refractivity contribution in [2.75, 3.05) is 31.1 Å². The Morgan fingerprint density at radius 1 is 1.09 bits per heavy atom. The van der Waals surface area contributed by atoms with E-state index in [-0.39, 0.29) is 43.3 Å². The normalized spacial score (nSPS) is 14.5. The van der Waals surface area contributed by atoms with Crippen molar-refractivity contribution in [2.45, 2.75) is 12.7 Å². The van der Waals surface area contributed by atoms with Crippen molar-refractivity contribution in [2.24, 2.45) is 0 Å². The van der Waals surface area contributed by atoms with Gasteiger partial charge in [-0.1, -0.05) is 5.16 Å². The lowest BCUT2D eigenvalue weighted by Gasteiger charge is -2.34. The van der Waals surface area contributed by atoms with Gasteiger partial charge in [-0.25, -0.2) is 4.39 Å². The molecule has 1 aromatic carbocycles. The molecule has 4 rings (SSSR count). The zero-order valence-corrected chi connectivity index (χ0v) is 16.7. The number of rotatable bonds is 5. The third kappa shape index (κ3) is 4.91. The molecule has 15 heteroatoms. The Morgan fingerprint density at radius 2 is 1.82 bits per heavy atom. The largest absolute Gasteiger partial charge is 0.480 e. The van der Waals surface area contributed by atoms with Crippen LogP contribution in [0.3, 0.4) is 0 Å². The molecule has 33 heavy (non-hydrogen) atoms. The van der Waals surface area contributed by atoms with E-state index in [9.17, 15) is 27.2 Å². The number of aromatic nitrogens is 5. The number of amides is 1. The minimum Gasteiger partial charge on any atom is -0.480 e. The molecule has 0 aliphatic carbocycles. The van der Waals surface area contributed by atoms with Crippen LogP contribution in [0, 0.1) is 5.82 Å². The number of nitrogens with zero attached hydrogens (tertiary/aromatic N) is 7. The van der Waals surface area contributed by atoms with Crippen molar-refractivity contribution in [3.05, 3.63) is 41.2 Å². The summed E-state index contributed by atoms with van der Waals surface area (Å²) in [5, 5.41) is 23.8. The quantitative estimate of drug-likeness (QED) is 0.553. The molecule has 1 fully saturated rings. The number of tetrazole rings is 1. The van der Waals surface area contributed by atoms with Crippen molar-refractivity contribution in [3.63, 3.8) is 0 Å². The van der Waals surface area contributed by atoms with E-state index in [1.165, 1.54) is 11.0 Å². The minimum absolute atomic E-state index is 0.0374. The molecule has 0 radical (unpaired) electrons. The SMILES string of the molecule is O=C(O)Cn1nnc(-c2cc(N3CCN(C(=O)c4cc(F)cc(C(F)(F)F)c4)CC3)no2)n1. The first-order valence-corrected chi connectivity index (χ1v) is 9.49. The van der Waals surface area contributed by atoms with Crippen molar-refractivity contribution in [1.82, 2.24) is 30.3 Å². The molecule has 1 aliphatic rings. The second-order valence-electron chi connectivity index (χ2n) is 7.09. The predicted octanol–water partition coefficient (Wildman–Crippen LogP) is 1.53. The maximum atomic E-state index is 13.6. The Morgan fingerprint density at radius 3 is 2.48 bits per heavy atom. The highest BCUT2D eigenvalue weighted by Gasteiger charge is 2.33. The standard InChI is InChI=1S/C18H15F4N7O4/c19-12-6-10(5-11(7-12)18(20,21)22)17(32)28-3-1-27(2-4-28)14-8-13(33-25-14)16-23-26-29(24-16)9-15(30)31/h5-8H,1-4,9H2,(H,30,31). The number of carbonyl (C=O) groups excluding carboxylic acids is 1. The van der Waals surface area contributed by atoms with Crippen LogP contribution in [0.15, 0.2) is 28.8 Å². The summed E-state index contributed by atoms with van der Waals surface area (Å²) >= 11 is 0. The fraction of sp³-hybridized carbons (Fsp3) is 0.333. The maximum Gasteiger partial charge on any atom is 0.416 e. The number of hydrogen-bond acceptors (Lipinski definition) is 8. The van der Waals surface area contributed by atoms with Crippen molar-refractivity contribution >= 4 is 17.7 Å². The summed E-state index contributed by atoms with van der Waals surface area (Å²) in [6, 6.07) is 3.26. The molecule has 2 aromatic heterocycles. The molecule has 0 saturated carbocycles. The van der Waals surface area contributed by atoms with Gasteiger partial charge in [-0.05, 0) is 23.4 Å². The van der Waals surface area contributed by atoms with Gasteiger partial charge in [-0.2, -0.15) is 18.0 Å². The number of halogens is 4. The molecule has 3 aromatic rings. The number of carbonyl (C=O) groups is 2. The van der Waals surface area contributed by atoms with Gasteiger partial charge in [0.2, 0.25) is 11.6 Å². The number of carboxylic acids is 1. The molecule has 1 saturated heterocycles.